The monoisotopic (exact) mass is 373 g/mol. The molecule has 0 radical (unpaired) electrons. The minimum absolute atomic E-state index is 0.00154. The second-order valence-corrected chi connectivity index (χ2v) is 6.52. The van der Waals surface area contributed by atoms with E-state index in [2.05, 4.69) is 5.32 Å². The van der Waals surface area contributed by atoms with E-state index in [1.165, 1.54) is 6.42 Å². The number of benzene rings is 1. The first-order chi connectivity index (χ1) is 13.1. The Labute approximate surface area is 159 Å². The molecule has 1 amide bonds. The highest BCUT2D eigenvalue weighted by molar-refractivity contribution is 5.91. The molecule has 1 aromatic carbocycles. The predicted octanol–water partition coefficient (Wildman–Crippen LogP) is 3.09. The summed E-state index contributed by atoms with van der Waals surface area (Å²) < 4.78 is 9.94. The number of amides is 1. The summed E-state index contributed by atoms with van der Waals surface area (Å²) in [5.74, 6) is -1.23. The second kappa shape index (κ2) is 11.2. The molecule has 1 aliphatic rings. The molecular formula is C21H27NO5. The Balaban J connectivity index is 1.95. The largest absolute Gasteiger partial charge is 0.463 e. The molecule has 0 heterocycles. The molecule has 1 N–H and O–H groups in total. The van der Waals surface area contributed by atoms with Gasteiger partial charge in [-0.1, -0.05) is 49.6 Å². The first kappa shape index (κ1) is 20.7. The maximum absolute atomic E-state index is 12.6. The van der Waals surface area contributed by atoms with Crippen LogP contribution in [0, 0.1) is 5.92 Å². The lowest BCUT2D eigenvalue weighted by Gasteiger charge is -2.25. The van der Waals surface area contributed by atoms with Crippen LogP contribution in [0.4, 0.5) is 0 Å². The lowest BCUT2D eigenvalue weighted by molar-refractivity contribution is -0.141. The Kier molecular flexibility index (Phi) is 8.55. The lowest BCUT2D eigenvalue weighted by Crippen LogP contribution is -2.37. The van der Waals surface area contributed by atoms with Crippen molar-refractivity contribution in [3.63, 3.8) is 0 Å². The van der Waals surface area contributed by atoms with Crippen LogP contribution in [0.1, 0.15) is 50.6 Å². The Morgan fingerprint density at radius 2 is 1.67 bits per heavy atom. The number of nitrogens with one attached hydrogen (secondary N) is 1. The van der Waals surface area contributed by atoms with Gasteiger partial charge in [0.2, 0.25) is 5.91 Å². The van der Waals surface area contributed by atoms with Gasteiger partial charge in [-0.15, -0.1) is 0 Å². The van der Waals surface area contributed by atoms with Crippen molar-refractivity contribution in [3.05, 3.63) is 48.0 Å². The third-order valence-corrected chi connectivity index (χ3v) is 4.53. The zero-order chi connectivity index (χ0) is 19.5. The highest BCUT2D eigenvalue weighted by atomic mass is 16.5. The Bertz CT molecular complexity index is 650. The summed E-state index contributed by atoms with van der Waals surface area (Å²) in [6, 6.07) is 8.97. The van der Waals surface area contributed by atoms with Crippen LogP contribution < -0.4 is 5.32 Å². The summed E-state index contributed by atoms with van der Waals surface area (Å²) in [6.45, 7) is 1.92. The molecule has 0 spiro atoms. The molecule has 0 aromatic heterocycles. The number of esters is 2. The number of carbonyl (C=O) groups is 3. The maximum Gasteiger partial charge on any atom is 0.331 e. The molecule has 2 rings (SSSR count). The van der Waals surface area contributed by atoms with Crippen LogP contribution in [0.2, 0.25) is 0 Å². The van der Waals surface area contributed by atoms with Gasteiger partial charge in [-0.3, -0.25) is 4.79 Å². The quantitative estimate of drug-likeness (QED) is 0.559. The van der Waals surface area contributed by atoms with Gasteiger partial charge in [-0.2, -0.15) is 0 Å². The van der Waals surface area contributed by atoms with E-state index in [1.807, 2.05) is 30.3 Å². The topological polar surface area (TPSA) is 81.7 Å². The highest BCUT2D eigenvalue weighted by Gasteiger charge is 2.24. The lowest BCUT2D eigenvalue weighted by atomic mass is 9.88. The third-order valence-electron chi connectivity index (χ3n) is 4.53. The van der Waals surface area contributed by atoms with Gasteiger partial charge in [-0.25, -0.2) is 9.59 Å². The average molecular weight is 373 g/mol. The van der Waals surface area contributed by atoms with Gasteiger partial charge in [-0.05, 0) is 25.3 Å². The summed E-state index contributed by atoms with van der Waals surface area (Å²) in [5, 5.41) is 3.01. The molecule has 27 heavy (non-hydrogen) atoms. The van der Waals surface area contributed by atoms with E-state index in [1.54, 1.807) is 6.92 Å². The van der Waals surface area contributed by atoms with Crippen molar-refractivity contribution in [2.45, 2.75) is 45.1 Å². The SMILES string of the molecule is CCOC(=O)/C=C/C(=O)OCC(NC(=O)C1CCCCC1)c1ccccc1. The van der Waals surface area contributed by atoms with Crippen molar-refractivity contribution < 1.29 is 23.9 Å². The van der Waals surface area contributed by atoms with Crippen molar-refractivity contribution in [2.75, 3.05) is 13.2 Å². The van der Waals surface area contributed by atoms with Crippen LogP contribution in [-0.2, 0) is 23.9 Å². The van der Waals surface area contributed by atoms with Crippen molar-refractivity contribution in [1.82, 2.24) is 5.32 Å². The van der Waals surface area contributed by atoms with Crippen LogP contribution in [0.15, 0.2) is 42.5 Å². The molecule has 1 aromatic rings. The summed E-state index contributed by atoms with van der Waals surface area (Å²) >= 11 is 0. The van der Waals surface area contributed by atoms with Gasteiger partial charge in [0.05, 0.1) is 12.6 Å². The van der Waals surface area contributed by atoms with E-state index in [-0.39, 0.29) is 25.0 Å². The molecule has 6 heteroatoms. The van der Waals surface area contributed by atoms with E-state index >= 15 is 0 Å². The van der Waals surface area contributed by atoms with Crippen LogP contribution in [0.25, 0.3) is 0 Å². The fourth-order valence-electron chi connectivity index (χ4n) is 3.10. The zero-order valence-electron chi connectivity index (χ0n) is 15.7. The molecule has 6 nitrogen and oxygen atoms in total. The van der Waals surface area contributed by atoms with Crippen molar-refractivity contribution >= 4 is 17.8 Å². The summed E-state index contributed by atoms with van der Waals surface area (Å²) in [4.78, 5) is 35.7. The summed E-state index contributed by atoms with van der Waals surface area (Å²) in [6.07, 6.45) is 7.18. The second-order valence-electron chi connectivity index (χ2n) is 6.52. The standard InChI is InChI=1S/C21H27NO5/c1-2-26-19(23)13-14-20(24)27-15-18(16-9-5-3-6-10-16)22-21(25)17-11-7-4-8-12-17/h3,5-6,9-10,13-14,17-18H,2,4,7-8,11-12,15H2,1H3,(H,22,25)/b14-13+. The molecule has 1 unspecified atom stereocenters. The van der Waals surface area contributed by atoms with Crippen molar-refractivity contribution in [3.8, 4) is 0 Å². The van der Waals surface area contributed by atoms with E-state index in [4.69, 9.17) is 9.47 Å². The number of hydrogen-bond donors (Lipinski definition) is 1. The number of carbonyl (C=O) groups excluding carboxylic acids is 3. The Morgan fingerprint density at radius 1 is 1.04 bits per heavy atom. The van der Waals surface area contributed by atoms with Crippen molar-refractivity contribution in [1.29, 1.82) is 0 Å². The normalized spacial score (nSPS) is 15.9. The molecule has 0 saturated heterocycles. The number of rotatable bonds is 8. The predicted molar refractivity (Wildman–Crippen MR) is 101 cm³/mol. The van der Waals surface area contributed by atoms with Crippen LogP contribution in [0.5, 0.6) is 0 Å². The Morgan fingerprint density at radius 3 is 2.30 bits per heavy atom. The smallest absolute Gasteiger partial charge is 0.331 e. The number of ether oxygens (including phenoxy) is 2. The minimum Gasteiger partial charge on any atom is -0.463 e. The first-order valence-electron chi connectivity index (χ1n) is 9.47. The fourth-order valence-corrected chi connectivity index (χ4v) is 3.10. The van der Waals surface area contributed by atoms with Gasteiger partial charge < -0.3 is 14.8 Å². The van der Waals surface area contributed by atoms with Gasteiger partial charge in [0, 0.05) is 18.1 Å². The van der Waals surface area contributed by atoms with E-state index < -0.39 is 18.0 Å². The molecule has 1 fully saturated rings. The molecule has 0 aliphatic heterocycles. The van der Waals surface area contributed by atoms with Crippen LogP contribution >= 0.6 is 0 Å². The van der Waals surface area contributed by atoms with Gasteiger partial charge >= 0.3 is 11.9 Å². The van der Waals surface area contributed by atoms with Gasteiger partial charge in [0.15, 0.2) is 0 Å². The molecule has 1 atom stereocenters. The average Bonchev–Trinajstić information content (AvgIpc) is 2.71. The minimum atomic E-state index is -0.657. The third kappa shape index (κ3) is 7.25. The van der Waals surface area contributed by atoms with Crippen LogP contribution in [-0.4, -0.2) is 31.1 Å². The van der Waals surface area contributed by atoms with Crippen LogP contribution in [0.3, 0.4) is 0 Å². The molecule has 1 saturated carbocycles. The van der Waals surface area contributed by atoms with E-state index in [0.717, 1.165) is 43.4 Å². The van der Waals surface area contributed by atoms with Gasteiger partial charge in [0.1, 0.15) is 6.61 Å². The van der Waals surface area contributed by atoms with E-state index in [0.29, 0.717) is 0 Å². The number of hydrogen-bond acceptors (Lipinski definition) is 5. The van der Waals surface area contributed by atoms with Gasteiger partial charge in [0.25, 0.3) is 0 Å². The Hall–Kier alpha value is -2.63. The fraction of sp³-hybridized carbons (Fsp3) is 0.476. The van der Waals surface area contributed by atoms with Crippen molar-refractivity contribution in [2.24, 2.45) is 5.92 Å². The summed E-state index contributed by atoms with van der Waals surface area (Å²) in [7, 11) is 0. The first-order valence-corrected chi connectivity index (χ1v) is 9.47. The van der Waals surface area contributed by atoms with E-state index in [9.17, 15) is 14.4 Å². The summed E-state index contributed by atoms with van der Waals surface area (Å²) in [5.41, 5.74) is 0.865. The molecule has 0 bridgehead atoms. The maximum atomic E-state index is 12.6. The molecule has 1 aliphatic carbocycles. The molecular weight excluding hydrogens is 346 g/mol. The highest BCUT2D eigenvalue weighted by Crippen LogP contribution is 2.25. The molecule has 146 valence electrons. The zero-order valence-corrected chi connectivity index (χ0v) is 15.7.